The number of hydrogen-bond donors (Lipinski definition) is 1. The van der Waals surface area contributed by atoms with Gasteiger partial charge in [-0.25, -0.2) is 0 Å². The van der Waals surface area contributed by atoms with Crippen LogP contribution >= 0.6 is 0 Å². The van der Waals surface area contributed by atoms with Crippen molar-refractivity contribution in [3.8, 4) is 0 Å². The summed E-state index contributed by atoms with van der Waals surface area (Å²) in [6, 6.07) is 7.59. The molecule has 0 aromatic heterocycles. The summed E-state index contributed by atoms with van der Waals surface area (Å²) < 4.78 is 11.8. The summed E-state index contributed by atoms with van der Waals surface area (Å²) in [6.07, 6.45) is 4.27. The second kappa shape index (κ2) is 5.54. The normalized spacial score (nSPS) is 24.1. The van der Waals surface area contributed by atoms with Gasteiger partial charge < -0.3 is 14.8 Å². The molecule has 1 aromatic carbocycles. The van der Waals surface area contributed by atoms with E-state index in [2.05, 4.69) is 5.32 Å². The highest BCUT2D eigenvalue weighted by Gasteiger charge is 2.43. The number of rotatable bonds is 3. The van der Waals surface area contributed by atoms with Crippen molar-refractivity contribution in [1.82, 2.24) is 5.32 Å². The summed E-state index contributed by atoms with van der Waals surface area (Å²) in [7, 11) is 0. The van der Waals surface area contributed by atoms with Crippen LogP contribution < -0.4 is 5.32 Å². The van der Waals surface area contributed by atoms with E-state index in [1.54, 1.807) is 0 Å². The minimum Gasteiger partial charge on any atom is -0.349 e. The smallest absolute Gasteiger partial charge is 0.251 e. The lowest BCUT2D eigenvalue weighted by molar-refractivity contribution is -0.161. The van der Waals surface area contributed by atoms with Crippen LogP contribution in [-0.4, -0.2) is 30.9 Å². The maximum absolute atomic E-state index is 12.1. The van der Waals surface area contributed by atoms with E-state index < -0.39 is 0 Å². The van der Waals surface area contributed by atoms with Gasteiger partial charge in [0.15, 0.2) is 5.79 Å². The molecule has 1 N–H and O–H groups in total. The minimum atomic E-state index is -0.348. The number of ether oxygens (including phenoxy) is 2. The van der Waals surface area contributed by atoms with Gasteiger partial charge in [-0.2, -0.15) is 0 Å². The van der Waals surface area contributed by atoms with Gasteiger partial charge in [-0.1, -0.05) is 17.7 Å². The fourth-order valence-corrected chi connectivity index (χ4v) is 2.99. The van der Waals surface area contributed by atoms with Gasteiger partial charge in [0.1, 0.15) is 6.10 Å². The molecule has 2 fully saturated rings. The molecule has 1 saturated heterocycles. The van der Waals surface area contributed by atoms with Crippen molar-refractivity contribution in [2.45, 2.75) is 44.5 Å². The third-order valence-electron chi connectivity index (χ3n) is 4.05. The van der Waals surface area contributed by atoms with Gasteiger partial charge in [0.05, 0.1) is 6.61 Å². The van der Waals surface area contributed by atoms with Crippen molar-refractivity contribution in [2.24, 2.45) is 0 Å². The maximum Gasteiger partial charge on any atom is 0.251 e. The van der Waals surface area contributed by atoms with Crippen molar-refractivity contribution in [3.05, 3.63) is 35.4 Å². The third kappa shape index (κ3) is 2.86. The average Bonchev–Trinajstić information content (AvgIpc) is 3.07. The van der Waals surface area contributed by atoms with Gasteiger partial charge in [0, 0.05) is 24.9 Å². The molecule has 0 radical (unpaired) electrons. The van der Waals surface area contributed by atoms with Gasteiger partial charge in [-0.3, -0.25) is 4.79 Å². The molecule has 1 aliphatic heterocycles. The van der Waals surface area contributed by atoms with E-state index in [0.717, 1.165) is 18.4 Å². The number of amides is 1. The summed E-state index contributed by atoms with van der Waals surface area (Å²) in [5.74, 6) is -0.400. The number of carbonyl (C=O) groups excluding carboxylic acids is 1. The largest absolute Gasteiger partial charge is 0.349 e. The van der Waals surface area contributed by atoms with E-state index in [1.165, 1.54) is 12.8 Å². The van der Waals surface area contributed by atoms with E-state index in [0.29, 0.717) is 18.7 Å². The maximum atomic E-state index is 12.1. The molecule has 1 aromatic rings. The first kappa shape index (κ1) is 13.6. The number of nitrogens with one attached hydrogen (secondary N) is 1. The second-order valence-electron chi connectivity index (χ2n) is 5.75. The highest BCUT2D eigenvalue weighted by atomic mass is 16.7. The molecular weight excluding hydrogens is 254 g/mol. The average molecular weight is 275 g/mol. The Hall–Kier alpha value is -1.39. The summed E-state index contributed by atoms with van der Waals surface area (Å²) in [5, 5.41) is 2.93. The molecule has 1 amide bonds. The molecule has 108 valence electrons. The van der Waals surface area contributed by atoms with E-state index in [1.807, 2.05) is 31.2 Å². The van der Waals surface area contributed by atoms with Crippen LogP contribution in [0.4, 0.5) is 0 Å². The molecule has 0 bridgehead atoms. The zero-order chi connectivity index (χ0) is 14.0. The molecule has 1 spiro atoms. The topological polar surface area (TPSA) is 47.6 Å². The standard InChI is InChI=1S/C16H21NO3/c1-12-5-4-6-13(9-12)15(18)17-10-14-11-19-16(20-14)7-2-3-8-16/h4-6,9,14H,2-3,7-8,10-11H2,1H3,(H,17,18). The molecule has 4 nitrogen and oxygen atoms in total. The summed E-state index contributed by atoms with van der Waals surface area (Å²) in [5.41, 5.74) is 1.78. The van der Waals surface area contributed by atoms with Crippen molar-refractivity contribution in [1.29, 1.82) is 0 Å². The minimum absolute atomic E-state index is 0.0261. The number of benzene rings is 1. The van der Waals surface area contributed by atoms with Crippen molar-refractivity contribution >= 4 is 5.91 Å². The van der Waals surface area contributed by atoms with Crippen LogP contribution in [0.1, 0.15) is 41.6 Å². The van der Waals surface area contributed by atoms with Crippen LogP contribution in [0.25, 0.3) is 0 Å². The van der Waals surface area contributed by atoms with Crippen LogP contribution in [0.2, 0.25) is 0 Å². The number of carbonyl (C=O) groups is 1. The molecule has 1 saturated carbocycles. The molecular formula is C16H21NO3. The fraction of sp³-hybridized carbons (Fsp3) is 0.562. The zero-order valence-electron chi connectivity index (χ0n) is 11.9. The Morgan fingerprint density at radius 2 is 2.20 bits per heavy atom. The first-order valence-corrected chi connectivity index (χ1v) is 7.34. The van der Waals surface area contributed by atoms with Crippen LogP contribution in [0.15, 0.2) is 24.3 Å². The lowest BCUT2D eigenvalue weighted by Crippen LogP contribution is -2.35. The monoisotopic (exact) mass is 275 g/mol. The van der Waals surface area contributed by atoms with E-state index in [9.17, 15) is 4.79 Å². The van der Waals surface area contributed by atoms with E-state index >= 15 is 0 Å². The lowest BCUT2D eigenvalue weighted by atomic mass is 10.1. The molecule has 4 heteroatoms. The first-order chi connectivity index (χ1) is 9.67. The Morgan fingerprint density at radius 1 is 1.40 bits per heavy atom. The summed E-state index contributed by atoms with van der Waals surface area (Å²) >= 11 is 0. The first-order valence-electron chi connectivity index (χ1n) is 7.34. The van der Waals surface area contributed by atoms with Crippen LogP contribution in [0.3, 0.4) is 0 Å². The Bertz CT molecular complexity index is 494. The van der Waals surface area contributed by atoms with Gasteiger partial charge in [-0.05, 0) is 31.9 Å². The molecule has 2 aliphatic rings. The molecule has 3 rings (SSSR count). The zero-order valence-corrected chi connectivity index (χ0v) is 11.9. The second-order valence-corrected chi connectivity index (χ2v) is 5.75. The van der Waals surface area contributed by atoms with Gasteiger partial charge in [-0.15, -0.1) is 0 Å². The van der Waals surface area contributed by atoms with Gasteiger partial charge in [0.25, 0.3) is 5.91 Å². The molecule has 20 heavy (non-hydrogen) atoms. The molecule has 1 aliphatic carbocycles. The van der Waals surface area contributed by atoms with E-state index in [4.69, 9.17) is 9.47 Å². The van der Waals surface area contributed by atoms with Gasteiger partial charge in [0.2, 0.25) is 0 Å². The van der Waals surface area contributed by atoms with Crippen molar-refractivity contribution in [3.63, 3.8) is 0 Å². The van der Waals surface area contributed by atoms with Gasteiger partial charge >= 0.3 is 0 Å². The molecule has 1 atom stereocenters. The predicted octanol–water partition coefficient (Wildman–Crippen LogP) is 2.41. The summed E-state index contributed by atoms with van der Waals surface area (Å²) in [4.78, 5) is 12.1. The SMILES string of the molecule is Cc1cccc(C(=O)NCC2COC3(CCCC3)O2)c1. The Balaban J connectivity index is 1.51. The number of hydrogen-bond acceptors (Lipinski definition) is 3. The van der Waals surface area contributed by atoms with Crippen LogP contribution in [0, 0.1) is 6.92 Å². The highest BCUT2D eigenvalue weighted by Crippen LogP contribution is 2.38. The third-order valence-corrected chi connectivity index (χ3v) is 4.05. The summed E-state index contributed by atoms with van der Waals surface area (Å²) in [6.45, 7) is 3.07. The lowest BCUT2D eigenvalue weighted by Gasteiger charge is -2.21. The Morgan fingerprint density at radius 3 is 2.95 bits per heavy atom. The quantitative estimate of drug-likeness (QED) is 0.921. The molecule has 1 heterocycles. The van der Waals surface area contributed by atoms with Crippen LogP contribution in [-0.2, 0) is 9.47 Å². The van der Waals surface area contributed by atoms with Crippen molar-refractivity contribution < 1.29 is 14.3 Å². The fourth-order valence-electron chi connectivity index (χ4n) is 2.99. The van der Waals surface area contributed by atoms with E-state index in [-0.39, 0.29) is 17.8 Å². The number of aryl methyl sites for hydroxylation is 1. The highest BCUT2D eigenvalue weighted by molar-refractivity contribution is 5.94. The Labute approximate surface area is 119 Å². The molecule has 1 unspecified atom stereocenters. The Kier molecular flexibility index (Phi) is 3.76. The van der Waals surface area contributed by atoms with Crippen molar-refractivity contribution in [2.75, 3.05) is 13.2 Å². The van der Waals surface area contributed by atoms with Crippen LogP contribution in [0.5, 0.6) is 0 Å². The predicted molar refractivity (Wildman–Crippen MR) is 75.5 cm³/mol.